The summed E-state index contributed by atoms with van der Waals surface area (Å²) in [7, 11) is 0. The number of imidazole rings is 1. The summed E-state index contributed by atoms with van der Waals surface area (Å²) in [5.74, 6) is 1.09. The molecule has 0 spiro atoms. The smallest absolute Gasteiger partial charge is 0.152 e. The Kier molecular flexibility index (Phi) is 4.94. The number of aliphatic hydroxyl groups is 1. The lowest BCUT2D eigenvalue weighted by molar-refractivity contribution is 0.0582. The molecule has 0 aliphatic rings. The first-order chi connectivity index (χ1) is 13.9. The molecule has 3 N–H and O–H groups in total. The van der Waals surface area contributed by atoms with E-state index < -0.39 is 5.60 Å². The van der Waals surface area contributed by atoms with Crippen molar-refractivity contribution < 1.29 is 9.84 Å². The van der Waals surface area contributed by atoms with Crippen LogP contribution in [0.5, 0.6) is 0 Å². The maximum Gasteiger partial charge on any atom is 0.152 e. The number of anilines is 1. The highest BCUT2D eigenvalue weighted by Gasteiger charge is 2.22. The molecule has 3 heterocycles. The van der Waals surface area contributed by atoms with Crippen molar-refractivity contribution in [3.8, 4) is 11.1 Å². The van der Waals surface area contributed by atoms with Crippen LogP contribution in [0.3, 0.4) is 0 Å². The van der Waals surface area contributed by atoms with Crippen LogP contribution in [0.4, 0.5) is 5.82 Å². The lowest BCUT2D eigenvalue weighted by atomic mass is 10.0. The van der Waals surface area contributed by atoms with Crippen LogP contribution in [-0.2, 0) is 17.9 Å². The Morgan fingerprint density at radius 2 is 2.00 bits per heavy atom. The maximum absolute atomic E-state index is 10.5. The second-order valence-electron chi connectivity index (χ2n) is 7.73. The Bertz CT molecular complexity index is 1160. The van der Waals surface area contributed by atoms with Gasteiger partial charge >= 0.3 is 0 Å². The van der Waals surface area contributed by atoms with E-state index in [-0.39, 0.29) is 0 Å². The van der Waals surface area contributed by atoms with Crippen molar-refractivity contribution in [2.24, 2.45) is 0 Å². The van der Waals surface area contributed by atoms with E-state index in [1.165, 1.54) is 0 Å². The number of rotatable bonds is 6. The largest absolute Gasteiger partial charge is 0.389 e. The molecule has 0 unspecified atom stereocenters. The highest BCUT2D eigenvalue weighted by Crippen LogP contribution is 2.32. The quantitative estimate of drug-likeness (QED) is 0.522. The van der Waals surface area contributed by atoms with Gasteiger partial charge in [-0.2, -0.15) is 0 Å². The Hall–Kier alpha value is -3.03. The summed E-state index contributed by atoms with van der Waals surface area (Å²) >= 11 is 0. The number of fused-ring (bicyclic) bond motifs is 3. The maximum atomic E-state index is 10.5. The minimum atomic E-state index is -0.922. The molecule has 7 nitrogen and oxygen atoms in total. The Morgan fingerprint density at radius 1 is 1.17 bits per heavy atom. The Morgan fingerprint density at radius 3 is 2.69 bits per heavy atom. The third-order valence-electron chi connectivity index (χ3n) is 4.76. The van der Waals surface area contributed by atoms with Gasteiger partial charge in [-0.3, -0.25) is 4.98 Å². The van der Waals surface area contributed by atoms with Gasteiger partial charge in [0.25, 0.3) is 0 Å². The zero-order valence-electron chi connectivity index (χ0n) is 16.9. The zero-order valence-corrected chi connectivity index (χ0v) is 16.9. The van der Waals surface area contributed by atoms with Crippen LogP contribution in [0.1, 0.15) is 26.6 Å². The molecule has 29 heavy (non-hydrogen) atoms. The van der Waals surface area contributed by atoms with E-state index in [1.54, 1.807) is 20.0 Å². The summed E-state index contributed by atoms with van der Waals surface area (Å²) in [5, 5.41) is 11.4. The highest BCUT2D eigenvalue weighted by molar-refractivity contribution is 6.07. The standard InChI is InChI=1S/C22H25N5O2/c1-4-29-12-18-26-19-20(27(18)13-22(2,3)28)16-8-7-14(10-17(16)25-21(19)23)15-6-5-9-24-11-15/h5-11,28H,4,12-13H2,1-3H3,(H2,23,25). The summed E-state index contributed by atoms with van der Waals surface area (Å²) in [6.45, 7) is 6.78. The summed E-state index contributed by atoms with van der Waals surface area (Å²) in [6, 6.07) is 9.99. The molecule has 0 amide bonds. The van der Waals surface area contributed by atoms with E-state index in [0.717, 1.165) is 33.4 Å². The summed E-state index contributed by atoms with van der Waals surface area (Å²) in [5.41, 5.74) is 9.65. The first kappa shape index (κ1) is 19.3. The van der Waals surface area contributed by atoms with Crippen molar-refractivity contribution in [2.45, 2.75) is 39.5 Å². The molecule has 4 aromatic rings. The van der Waals surface area contributed by atoms with Crippen molar-refractivity contribution in [3.63, 3.8) is 0 Å². The highest BCUT2D eigenvalue weighted by atomic mass is 16.5. The summed E-state index contributed by atoms with van der Waals surface area (Å²) in [6.07, 6.45) is 3.57. The van der Waals surface area contributed by atoms with E-state index in [2.05, 4.69) is 9.97 Å². The molecular weight excluding hydrogens is 366 g/mol. The Labute approximate surface area is 169 Å². The van der Waals surface area contributed by atoms with Gasteiger partial charge in [0.05, 0.1) is 23.2 Å². The topological polar surface area (TPSA) is 99.1 Å². The monoisotopic (exact) mass is 391 g/mol. The molecule has 150 valence electrons. The fraction of sp³-hybridized carbons (Fsp3) is 0.318. The van der Waals surface area contributed by atoms with E-state index in [9.17, 15) is 5.11 Å². The molecule has 0 aliphatic heterocycles. The van der Waals surface area contributed by atoms with Crippen LogP contribution >= 0.6 is 0 Å². The molecular formula is C22H25N5O2. The van der Waals surface area contributed by atoms with Crippen LogP contribution in [0.2, 0.25) is 0 Å². The number of hydrogen-bond acceptors (Lipinski definition) is 6. The predicted molar refractivity (Wildman–Crippen MR) is 114 cm³/mol. The lowest BCUT2D eigenvalue weighted by Crippen LogP contribution is -2.27. The molecule has 0 saturated heterocycles. The van der Waals surface area contributed by atoms with Gasteiger partial charge in [-0.25, -0.2) is 9.97 Å². The first-order valence-corrected chi connectivity index (χ1v) is 9.66. The van der Waals surface area contributed by atoms with Gasteiger partial charge in [0.1, 0.15) is 17.9 Å². The lowest BCUT2D eigenvalue weighted by Gasteiger charge is -2.20. The normalized spacial score (nSPS) is 12.1. The first-order valence-electron chi connectivity index (χ1n) is 9.66. The van der Waals surface area contributed by atoms with Crippen LogP contribution in [0.25, 0.3) is 33.1 Å². The van der Waals surface area contributed by atoms with E-state index in [0.29, 0.717) is 31.1 Å². The van der Waals surface area contributed by atoms with Crippen molar-refractivity contribution in [1.82, 2.24) is 19.5 Å². The molecule has 3 aromatic heterocycles. The third kappa shape index (κ3) is 3.79. The fourth-order valence-electron chi connectivity index (χ4n) is 3.53. The molecule has 4 rings (SSSR count). The molecule has 7 heteroatoms. The summed E-state index contributed by atoms with van der Waals surface area (Å²) < 4.78 is 7.60. The number of nitrogen functional groups attached to an aromatic ring is 1. The van der Waals surface area contributed by atoms with Gasteiger partial charge in [0.2, 0.25) is 0 Å². The van der Waals surface area contributed by atoms with E-state index in [4.69, 9.17) is 15.5 Å². The molecule has 0 radical (unpaired) electrons. The van der Waals surface area contributed by atoms with Crippen molar-refractivity contribution >= 4 is 27.8 Å². The van der Waals surface area contributed by atoms with Gasteiger partial charge in [0.15, 0.2) is 5.82 Å². The molecule has 0 saturated carbocycles. The van der Waals surface area contributed by atoms with Gasteiger partial charge in [0, 0.05) is 30.0 Å². The van der Waals surface area contributed by atoms with Crippen LogP contribution in [0.15, 0.2) is 42.7 Å². The minimum absolute atomic E-state index is 0.343. The second-order valence-corrected chi connectivity index (χ2v) is 7.73. The van der Waals surface area contributed by atoms with E-state index in [1.807, 2.05) is 48.0 Å². The number of benzene rings is 1. The SMILES string of the molecule is CCOCc1nc2c(N)nc3cc(-c4cccnc4)ccc3c2n1CC(C)(C)O. The van der Waals surface area contributed by atoms with Crippen LogP contribution in [-0.4, -0.2) is 36.8 Å². The van der Waals surface area contributed by atoms with Gasteiger partial charge in [-0.1, -0.05) is 18.2 Å². The fourth-order valence-corrected chi connectivity index (χ4v) is 3.53. The van der Waals surface area contributed by atoms with E-state index >= 15 is 0 Å². The van der Waals surface area contributed by atoms with Gasteiger partial charge in [-0.05, 0) is 38.5 Å². The zero-order chi connectivity index (χ0) is 20.6. The summed E-state index contributed by atoms with van der Waals surface area (Å²) in [4.78, 5) is 13.5. The molecule has 0 bridgehead atoms. The van der Waals surface area contributed by atoms with Crippen molar-refractivity contribution in [2.75, 3.05) is 12.3 Å². The molecule has 1 aromatic carbocycles. The molecule has 0 aliphatic carbocycles. The third-order valence-corrected chi connectivity index (χ3v) is 4.76. The average Bonchev–Trinajstić information content (AvgIpc) is 3.04. The number of hydrogen-bond donors (Lipinski definition) is 2. The number of ether oxygens (including phenoxy) is 1. The number of aromatic nitrogens is 4. The molecule has 0 fully saturated rings. The molecule has 0 atom stereocenters. The minimum Gasteiger partial charge on any atom is -0.389 e. The number of pyridine rings is 2. The number of nitrogens with two attached hydrogens (primary N) is 1. The van der Waals surface area contributed by atoms with Crippen LogP contribution < -0.4 is 5.73 Å². The predicted octanol–water partition coefficient (Wildman–Crippen LogP) is 3.54. The van der Waals surface area contributed by atoms with Crippen molar-refractivity contribution in [3.05, 3.63) is 48.5 Å². The second kappa shape index (κ2) is 7.42. The Balaban J connectivity index is 1.96. The van der Waals surface area contributed by atoms with Gasteiger partial charge < -0.3 is 20.1 Å². The average molecular weight is 391 g/mol. The van der Waals surface area contributed by atoms with Crippen LogP contribution in [0, 0.1) is 0 Å². The number of nitrogens with zero attached hydrogens (tertiary/aromatic N) is 4. The van der Waals surface area contributed by atoms with Crippen molar-refractivity contribution in [1.29, 1.82) is 0 Å². The van der Waals surface area contributed by atoms with Gasteiger partial charge in [-0.15, -0.1) is 0 Å².